The maximum atomic E-state index is 13.5. The standard InChI is InChI=1S/C26H31N3O7S.C22H21FN2O5.C22H22N4O6/c1-4-29(5-2)37(34,35)19-8-6-15(3)20(12-19)17-10-16(23-18(11-17)13-27-28-23)7-9-21-24(31)26(33)25(32)22(14-30)36-21;1-11-6-15(23)3-4-16(11)13-7-12(19-14(8-13)9-24-25-19)2-5-17-20(27)22(29)21(28)18(10-26)30-17;1-23-22(31)15-8-11(4-5-24-15)13-6-12(18-14(7-13)9-25-26-18)2-3-16-19(28)21(30)20(29)17(10-27)32-16/h6,8,10-13,21-22,24-26,30-33H,4-5,14H2,1-3H3,(H,27,28);3-4,6-9,17-18,20-22,26-29H,10H2,1H3,(H,24,25);4-9,16-17,19-21,27-30H,10H2,1H3,(H,23,31)(H,25,26)/t21-,22-,24-,25-,26-;17-,18-,20-,21-,22-;16-,17-,19-,20-,21-/m111/s1. The molecule has 27 nitrogen and oxygen atoms in total. The number of sulfonamides is 1. The highest BCUT2D eigenvalue weighted by atomic mass is 32.2. The number of rotatable bonds is 11. The first-order chi connectivity index (χ1) is 47.4. The number of fused-ring (bicyclic) bond motifs is 3. The summed E-state index contributed by atoms with van der Waals surface area (Å²) < 4.78 is 57.6. The molecule has 0 radical (unpaired) electrons. The molecule has 0 bridgehead atoms. The summed E-state index contributed by atoms with van der Waals surface area (Å²) >= 11 is 0. The van der Waals surface area contributed by atoms with Gasteiger partial charge in [0.1, 0.15) is 103 Å². The van der Waals surface area contributed by atoms with Crippen molar-refractivity contribution in [2.24, 2.45) is 0 Å². The molecule has 3 aliphatic heterocycles. The Morgan fingerprint density at radius 3 is 1.36 bits per heavy atom. The Morgan fingerprint density at radius 2 is 0.949 bits per heavy atom. The van der Waals surface area contributed by atoms with Crippen molar-refractivity contribution >= 4 is 48.6 Å². The van der Waals surface area contributed by atoms with Crippen LogP contribution in [0.1, 0.15) is 52.2 Å². The number of amides is 1. The van der Waals surface area contributed by atoms with Crippen molar-refractivity contribution in [1.82, 2.24) is 45.2 Å². The number of ether oxygens (including phenoxy) is 3. The Hall–Kier alpha value is -8.95. The van der Waals surface area contributed by atoms with Crippen molar-refractivity contribution in [3.05, 3.63) is 149 Å². The molecule has 9 aromatic rings. The highest BCUT2D eigenvalue weighted by Crippen LogP contribution is 2.34. The predicted molar refractivity (Wildman–Crippen MR) is 357 cm³/mol. The van der Waals surface area contributed by atoms with Gasteiger partial charge in [-0.05, 0) is 131 Å². The van der Waals surface area contributed by atoms with Crippen LogP contribution in [0.3, 0.4) is 0 Å². The first-order valence-electron chi connectivity index (χ1n) is 31.4. The van der Waals surface area contributed by atoms with Gasteiger partial charge in [-0.3, -0.25) is 25.1 Å². The zero-order valence-electron chi connectivity index (χ0n) is 53.9. The lowest BCUT2D eigenvalue weighted by Crippen LogP contribution is -2.58. The minimum atomic E-state index is -3.66. The van der Waals surface area contributed by atoms with Gasteiger partial charge >= 0.3 is 0 Å². The summed E-state index contributed by atoms with van der Waals surface area (Å²) in [4.78, 5) is 16.2. The van der Waals surface area contributed by atoms with Crippen molar-refractivity contribution in [2.75, 3.05) is 40.0 Å². The number of aromatic nitrogens is 7. The van der Waals surface area contributed by atoms with E-state index in [-0.39, 0.29) is 22.3 Å². The number of pyridine rings is 1. The van der Waals surface area contributed by atoms with E-state index in [1.54, 1.807) is 87.2 Å². The van der Waals surface area contributed by atoms with Crippen LogP contribution >= 0.6 is 0 Å². The van der Waals surface area contributed by atoms with Crippen molar-refractivity contribution in [3.63, 3.8) is 0 Å². The van der Waals surface area contributed by atoms with Gasteiger partial charge in [0.2, 0.25) is 10.0 Å². The molecule has 0 unspecified atom stereocenters. The van der Waals surface area contributed by atoms with Gasteiger partial charge in [-0.1, -0.05) is 61.5 Å². The number of aryl methyl sites for hydroxylation is 2. The zero-order valence-corrected chi connectivity index (χ0v) is 54.7. The molecule has 5 aromatic carbocycles. The highest BCUT2D eigenvalue weighted by Gasteiger charge is 2.45. The maximum Gasteiger partial charge on any atom is 0.269 e. The van der Waals surface area contributed by atoms with Crippen molar-refractivity contribution in [3.8, 4) is 68.9 Å². The minimum Gasteiger partial charge on any atom is -0.394 e. The topological polar surface area (TPSA) is 436 Å². The van der Waals surface area contributed by atoms with Crippen molar-refractivity contribution in [2.45, 2.75) is 124 Å². The molecule has 3 aliphatic rings. The predicted octanol–water partition coefficient (Wildman–Crippen LogP) is 0.812. The Labute approximate surface area is 566 Å². The number of aromatic amines is 3. The fraction of sp³-hybridized carbons (Fsp3) is 0.357. The third-order valence-corrected chi connectivity index (χ3v) is 19.3. The third kappa shape index (κ3) is 15.6. The molecule has 0 saturated carbocycles. The van der Waals surface area contributed by atoms with E-state index >= 15 is 0 Å². The molecule has 520 valence electrons. The fourth-order valence-corrected chi connectivity index (χ4v) is 13.1. The van der Waals surface area contributed by atoms with Gasteiger partial charge in [-0.2, -0.15) is 19.6 Å². The average Bonchev–Trinajstić information content (AvgIpc) is 1.78. The molecule has 16 N–H and O–H groups in total. The molecular formula is C70H74FN9O18S. The number of aliphatic hydroxyl groups excluding tert-OH is 12. The number of halogens is 1. The molecule has 0 spiro atoms. The van der Waals surface area contributed by atoms with Gasteiger partial charge in [0, 0.05) is 42.5 Å². The molecule has 0 aliphatic carbocycles. The lowest BCUT2D eigenvalue weighted by Gasteiger charge is -2.37. The van der Waals surface area contributed by atoms with Gasteiger partial charge in [-0.15, -0.1) is 0 Å². The number of nitrogens with zero attached hydrogens (tertiary/aromatic N) is 5. The first kappa shape index (κ1) is 72.8. The zero-order chi connectivity index (χ0) is 71.1. The first-order valence-corrected chi connectivity index (χ1v) is 32.8. The van der Waals surface area contributed by atoms with Crippen LogP contribution in [0.2, 0.25) is 0 Å². The number of carbonyl (C=O) groups excluding carboxylic acids is 1. The second-order valence-electron chi connectivity index (χ2n) is 23.7. The van der Waals surface area contributed by atoms with E-state index in [4.69, 9.17) is 14.2 Å². The normalized spacial score (nSPS) is 25.2. The minimum absolute atomic E-state index is 0.193. The molecule has 7 heterocycles. The van der Waals surface area contributed by atoms with E-state index in [1.165, 1.54) is 23.5 Å². The smallest absolute Gasteiger partial charge is 0.269 e. The monoisotopic (exact) mass is 1380 g/mol. The maximum absolute atomic E-state index is 13.5. The van der Waals surface area contributed by atoms with Gasteiger partial charge in [0.15, 0.2) is 0 Å². The van der Waals surface area contributed by atoms with Crippen molar-refractivity contribution < 1.29 is 93.1 Å². The second-order valence-corrected chi connectivity index (χ2v) is 25.6. The number of benzene rings is 5. The lowest BCUT2D eigenvalue weighted by atomic mass is 9.94. The van der Waals surface area contributed by atoms with E-state index in [0.29, 0.717) is 51.9 Å². The van der Waals surface area contributed by atoms with Crippen LogP contribution in [0, 0.1) is 55.2 Å². The van der Waals surface area contributed by atoms with Gasteiger partial charge < -0.3 is 80.8 Å². The summed E-state index contributed by atoms with van der Waals surface area (Å²) in [5, 5.41) is 144. The number of aliphatic hydroxyl groups is 12. The number of hydrogen-bond acceptors (Lipinski definition) is 22. The van der Waals surface area contributed by atoms with E-state index < -0.39 is 121 Å². The molecule has 29 heteroatoms. The summed E-state index contributed by atoms with van der Waals surface area (Å²) in [6.45, 7) is 6.43. The molecule has 4 aromatic heterocycles. The van der Waals surface area contributed by atoms with E-state index in [2.05, 4.69) is 76.4 Å². The summed E-state index contributed by atoms with van der Waals surface area (Å²) in [7, 11) is -2.13. The molecule has 99 heavy (non-hydrogen) atoms. The van der Waals surface area contributed by atoms with Crippen LogP contribution in [0.5, 0.6) is 0 Å². The number of H-pyrrole nitrogens is 3. The van der Waals surface area contributed by atoms with E-state index in [9.17, 15) is 78.9 Å². The molecule has 1 amide bonds. The largest absolute Gasteiger partial charge is 0.394 e. The molecule has 3 fully saturated rings. The van der Waals surface area contributed by atoms with Crippen LogP contribution in [-0.2, 0) is 24.2 Å². The Bertz CT molecular complexity index is 4700. The summed E-state index contributed by atoms with van der Waals surface area (Å²) in [5.41, 5.74) is 10.1. The fourth-order valence-electron chi connectivity index (χ4n) is 11.7. The average molecular weight is 1380 g/mol. The van der Waals surface area contributed by atoms with Gasteiger partial charge in [0.05, 0.1) is 76.5 Å². The summed E-state index contributed by atoms with van der Waals surface area (Å²) in [5.74, 6) is 16.5. The van der Waals surface area contributed by atoms with Gasteiger partial charge in [0.25, 0.3) is 5.91 Å². The van der Waals surface area contributed by atoms with Gasteiger partial charge in [-0.25, -0.2) is 12.8 Å². The molecular weight excluding hydrogens is 1310 g/mol. The Kier molecular flexibility index (Phi) is 23.2. The number of hydrogen-bond donors (Lipinski definition) is 16. The molecule has 15 atom stereocenters. The van der Waals surface area contributed by atoms with Crippen LogP contribution < -0.4 is 5.32 Å². The lowest BCUT2D eigenvalue weighted by molar-refractivity contribution is -0.214. The van der Waals surface area contributed by atoms with E-state index in [1.807, 2.05) is 38.1 Å². The number of nitrogens with one attached hydrogen (secondary N) is 4. The van der Waals surface area contributed by atoms with Crippen LogP contribution in [0.4, 0.5) is 4.39 Å². The Morgan fingerprint density at radius 1 is 0.525 bits per heavy atom. The molecule has 12 rings (SSSR count). The SMILES string of the molecule is CCN(CC)S(=O)(=O)c1ccc(C)c(-c2cc(C#C[C@H]3O[C@H](CO)[C@@H](O)[C@H](O)[C@@H]3O)c3[nH]ncc3c2)c1.CNC(=O)c1cc(-c2cc(C#C[C@H]3O[C@H](CO)[C@@H](O)[C@H](O)[C@@H]3O)c3[nH]ncc3c2)ccn1.Cc1cc(F)ccc1-c1cc(C#C[C@H]2O[C@H](CO)[C@@H](O)[C@H](O)[C@@H]2O)c2[nH]ncc2c1. The van der Waals surface area contributed by atoms with Crippen LogP contribution in [0.15, 0.2) is 115 Å². The van der Waals surface area contributed by atoms with E-state index in [0.717, 1.165) is 55.1 Å². The summed E-state index contributed by atoms with van der Waals surface area (Å²) in [6, 6.07) is 24.1. The quantitative estimate of drug-likeness (QED) is 0.0797. The molecule has 3 saturated heterocycles. The summed E-state index contributed by atoms with van der Waals surface area (Å²) in [6.07, 6.45) is -13.3. The highest BCUT2D eigenvalue weighted by molar-refractivity contribution is 7.89. The van der Waals surface area contributed by atoms with Crippen LogP contribution in [-0.4, -0.2) is 247 Å². The Balaban J connectivity index is 0.000000162. The van der Waals surface area contributed by atoms with Crippen LogP contribution in [0.25, 0.3) is 66.1 Å². The second kappa shape index (κ2) is 31.5. The third-order valence-electron chi connectivity index (χ3n) is 17.3. The number of carbonyl (C=O) groups is 1. The van der Waals surface area contributed by atoms with Crippen molar-refractivity contribution in [1.29, 1.82) is 0 Å².